The first-order valence-electron chi connectivity index (χ1n) is 7.59. The fourth-order valence-electron chi connectivity index (χ4n) is 2.84. The van der Waals surface area contributed by atoms with Crippen molar-refractivity contribution in [2.75, 3.05) is 20.1 Å². The molecule has 1 fully saturated rings. The molecule has 1 heterocycles. The monoisotopic (exact) mass is 269 g/mol. The molecule has 0 saturated carbocycles. The molecule has 0 aromatic heterocycles. The summed E-state index contributed by atoms with van der Waals surface area (Å²) < 4.78 is 0. The van der Waals surface area contributed by atoms with E-state index in [0.717, 1.165) is 32.4 Å². The lowest BCUT2D eigenvalue weighted by Crippen LogP contribution is -2.51. The molecule has 19 heavy (non-hydrogen) atoms. The number of amides is 1. The van der Waals surface area contributed by atoms with Crippen LogP contribution in [0.5, 0.6) is 0 Å². The molecule has 1 aliphatic rings. The summed E-state index contributed by atoms with van der Waals surface area (Å²) in [5.74, 6) is 0.576. The summed E-state index contributed by atoms with van der Waals surface area (Å²) in [7, 11) is 1.91. The van der Waals surface area contributed by atoms with Crippen molar-refractivity contribution in [2.24, 2.45) is 11.7 Å². The molecule has 1 aliphatic heterocycles. The second-order valence-electron chi connectivity index (χ2n) is 6.55. The number of carbonyl (C=O) groups excluding carboxylic acids is 1. The summed E-state index contributed by atoms with van der Waals surface area (Å²) in [5.41, 5.74) is 6.00. The number of hydrogen-bond acceptors (Lipinski definition) is 3. The van der Waals surface area contributed by atoms with Gasteiger partial charge in [0, 0.05) is 32.2 Å². The molecule has 0 aromatic rings. The number of carbonyl (C=O) groups is 1. The second kappa shape index (κ2) is 7.25. The highest BCUT2D eigenvalue weighted by Gasteiger charge is 2.28. The number of nitrogens with zero attached hydrogens (tertiary/aromatic N) is 2. The van der Waals surface area contributed by atoms with E-state index in [1.54, 1.807) is 0 Å². The fourth-order valence-corrected chi connectivity index (χ4v) is 2.84. The van der Waals surface area contributed by atoms with Crippen LogP contribution in [0.15, 0.2) is 0 Å². The first-order valence-corrected chi connectivity index (χ1v) is 7.59. The summed E-state index contributed by atoms with van der Waals surface area (Å²) >= 11 is 0. The van der Waals surface area contributed by atoms with Crippen molar-refractivity contribution < 1.29 is 4.79 Å². The van der Waals surface area contributed by atoms with Gasteiger partial charge in [-0.2, -0.15) is 0 Å². The lowest BCUT2D eigenvalue weighted by Gasteiger charge is -2.39. The Morgan fingerprint density at radius 2 is 1.79 bits per heavy atom. The zero-order chi connectivity index (χ0) is 14.6. The van der Waals surface area contributed by atoms with Gasteiger partial charge in [0.2, 0.25) is 5.91 Å². The fraction of sp³-hybridized carbons (Fsp3) is 0.933. The Morgan fingerprint density at radius 1 is 1.26 bits per heavy atom. The minimum absolute atomic E-state index is 0.108. The quantitative estimate of drug-likeness (QED) is 0.826. The van der Waals surface area contributed by atoms with Crippen LogP contribution in [0.1, 0.15) is 47.0 Å². The molecule has 4 nitrogen and oxygen atoms in total. The molecule has 0 spiro atoms. The maximum Gasteiger partial charge on any atom is 0.239 e. The maximum absolute atomic E-state index is 12.3. The molecule has 0 bridgehead atoms. The smallest absolute Gasteiger partial charge is 0.239 e. The Bertz CT molecular complexity index is 283. The molecule has 2 N–H and O–H groups in total. The Morgan fingerprint density at radius 3 is 2.21 bits per heavy atom. The molecule has 0 radical (unpaired) electrons. The van der Waals surface area contributed by atoms with Gasteiger partial charge >= 0.3 is 0 Å². The average molecular weight is 269 g/mol. The summed E-state index contributed by atoms with van der Waals surface area (Å²) in [6.45, 7) is 10.8. The molecule has 0 aromatic carbocycles. The zero-order valence-electron chi connectivity index (χ0n) is 13.2. The number of hydrogen-bond donors (Lipinski definition) is 1. The molecular weight excluding hydrogens is 238 g/mol. The van der Waals surface area contributed by atoms with Crippen LogP contribution in [-0.2, 0) is 4.79 Å². The highest BCUT2D eigenvalue weighted by Crippen LogP contribution is 2.18. The van der Waals surface area contributed by atoms with Gasteiger partial charge < -0.3 is 15.5 Å². The van der Waals surface area contributed by atoms with Crippen LogP contribution in [-0.4, -0.2) is 54.0 Å². The van der Waals surface area contributed by atoms with Gasteiger partial charge in [-0.1, -0.05) is 13.8 Å². The molecule has 1 atom stereocenters. The van der Waals surface area contributed by atoms with Crippen molar-refractivity contribution >= 4 is 5.91 Å². The van der Waals surface area contributed by atoms with E-state index in [-0.39, 0.29) is 11.9 Å². The van der Waals surface area contributed by atoms with Gasteiger partial charge in [0.05, 0.1) is 6.04 Å². The van der Waals surface area contributed by atoms with Crippen molar-refractivity contribution in [1.82, 2.24) is 9.80 Å². The van der Waals surface area contributed by atoms with Gasteiger partial charge in [0.15, 0.2) is 0 Å². The van der Waals surface area contributed by atoms with Gasteiger partial charge in [-0.15, -0.1) is 0 Å². The highest BCUT2D eigenvalue weighted by molar-refractivity contribution is 5.81. The minimum Gasteiger partial charge on any atom is -0.341 e. The minimum atomic E-state index is -0.340. The Labute approximate surface area is 118 Å². The van der Waals surface area contributed by atoms with Crippen molar-refractivity contribution in [3.05, 3.63) is 0 Å². The lowest BCUT2D eigenvalue weighted by molar-refractivity contribution is -0.134. The van der Waals surface area contributed by atoms with Crippen LogP contribution in [0.2, 0.25) is 0 Å². The Kier molecular flexibility index (Phi) is 6.27. The molecule has 1 rings (SSSR count). The summed E-state index contributed by atoms with van der Waals surface area (Å²) in [4.78, 5) is 16.6. The summed E-state index contributed by atoms with van der Waals surface area (Å²) in [5, 5.41) is 0. The van der Waals surface area contributed by atoms with E-state index in [0.29, 0.717) is 18.0 Å². The van der Waals surface area contributed by atoms with Gasteiger partial charge in [-0.3, -0.25) is 4.79 Å². The topological polar surface area (TPSA) is 49.6 Å². The third-order valence-electron chi connectivity index (χ3n) is 4.17. The van der Waals surface area contributed by atoms with Crippen molar-refractivity contribution in [1.29, 1.82) is 0 Å². The predicted molar refractivity (Wildman–Crippen MR) is 79.9 cm³/mol. The third kappa shape index (κ3) is 4.77. The van der Waals surface area contributed by atoms with Crippen LogP contribution in [0.3, 0.4) is 0 Å². The summed E-state index contributed by atoms with van der Waals surface area (Å²) in [6.07, 6.45) is 2.90. The molecule has 4 heteroatoms. The largest absolute Gasteiger partial charge is 0.341 e. The Balaban J connectivity index is 2.46. The number of piperidine rings is 1. The molecule has 0 aliphatic carbocycles. The first-order chi connectivity index (χ1) is 8.82. The number of likely N-dealkylation sites (tertiary alicyclic amines) is 1. The highest BCUT2D eigenvalue weighted by atomic mass is 16.2. The van der Waals surface area contributed by atoms with Crippen LogP contribution >= 0.6 is 0 Å². The van der Waals surface area contributed by atoms with Gasteiger partial charge in [0.25, 0.3) is 0 Å². The standard InChI is InChI=1S/C15H31N3O/c1-11(2)10-14(16)15(19)17(5)13-6-8-18(9-7-13)12(3)4/h11-14H,6-10,16H2,1-5H3. The molecule has 1 unspecified atom stereocenters. The summed E-state index contributed by atoms with van der Waals surface area (Å²) in [6, 6.07) is 0.624. The first kappa shape index (κ1) is 16.4. The zero-order valence-corrected chi connectivity index (χ0v) is 13.2. The van der Waals surface area contributed by atoms with Crippen LogP contribution in [0.25, 0.3) is 0 Å². The van der Waals surface area contributed by atoms with E-state index in [1.165, 1.54) is 0 Å². The average Bonchev–Trinajstić information content (AvgIpc) is 2.36. The Hall–Kier alpha value is -0.610. The van der Waals surface area contributed by atoms with E-state index in [2.05, 4.69) is 32.6 Å². The van der Waals surface area contributed by atoms with Crippen LogP contribution < -0.4 is 5.73 Å². The normalized spacial score (nSPS) is 20.0. The lowest BCUT2D eigenvalue weighted by atomic mass is 9.99. The third-order valence-corrected chi connectivity index (χ3v) is 4.17. The van der Waals surface area contributed by atoms with E-state index < -0.39 is 0 Å². The van der Waals surface area contributed by atoms with Gasteiger partial charge in [0.1, 0.15) is 0 Å². The second-order valence-corrected chi connectivity index (χ2v) is 6.55. The SMILES string of the molecule is CC(C)CC(N)C(=O)N(C)C1CCN(C(C)C)CC1. The molecule has 112 valence electrons. The van der Waals surface area contributed by atoms with Crippen LogP contribution in [0.4, 0.5) is 0 Å². The van der Waals surface area contributed by atoms with Gasteiger partial charge in [-0.25, -0.2) is 0 Å². The van der Waals surface area contributed by atoms with Crippen molar-refractivity contribution in [3.8, 4) is 0 Å². The number of rotatable bonds is 5. The van der Waals surface area contributed by atoms with E-state index >= 15 is 0 Å². The molecule has 1 amide bonds. The predicted octanol–water partition coefficient (Wildman–Crippen LogP) is 1.69. The van der Waals surface area contributed by atoms with Gasteiger partial charge in [-0.05, 0) is 39.0 Å². The molecular formula is C15H31N3O. The van der Waals surface area contributed by atoms with E-state index in [9.17, 15) is 4.79 Å². The van der Waals surface area contributed by atoms with Crippen molar-refractivity contribution in [3.63, 3.8) is 0 Å². The molecule has 1 saturated heterocycles. The van der Waals surface area contributed by atoms with Crippen LogP contribution in [0, 0.1) is 5.92 Å². The number of nitrogens with two attached hydrogens (primary N) is 1. The van der Waals surface area contributed by atoms with E-state index in [4.69, 9.17) is 5.73 Å². The van der Waals surface area contributed by atoms with Crippen molar-refractivity contribution in [2.45, 2.75) is 65.1 Å². The maximum atomic E-state index is 12.3. The number of likely N-dealkylation sites (N-methyl/N-ethyl adjacent to an activating group) is 1. The van der Waals surface area contributed by atoms with E-state index in [1.807, 2.05) is 11.9 Å².